The quantitative estimate of drug-likeness (QED) is 0.668. The van der Waals surface area contributed by atoms with Gasteiger partial charge in [0.05, 0.1) is 11.9 Å². The van der Waals surface area contributed by atoms with Crippen LogP contribution in [-0.4, -0.2) is 41.9 Å². The number of rotatable bonds is 6. The lowest BCUT2D eigenvalue weighted by Gasteiger charge is -2.10. The van der Waals surface area contributed by atoms with Crippen LogP contribution in [0.4, 0.5) is 11.5 Å². The molecule has 1 fully saturated rings. The van der Waals surface area contributed by atoms with Gasteiger partial charge < -0.3 is 20.5 Å². The van der Waals surface area contributed by atoms with Crippen LogP contribution in [0, 0.1) is 0 Å². The number of hydrogen-bond donors (Lipinski definition) is 3. The van der Waals surface area contributed by atoms with Crippen LogP contribution in [0.1, 0.15) is 19.3 Å². The SMILES string of the molecule is O=C(Nc1ccc(NCCCO)nc1)C1CCCO1. The maximum absolute atomic E-state index is 11.8. The minimum absolute atomic E-state index is 0.111. The summed E-state index contributed by atoms with van der Waals surface area (Å²) in [6.45, 7) is 1.48. The first kappa shape index (κ1) is 13.8. The lowest BCUT2D eigenvalue weighted by Crippen LogP contribution is -2.26. The lowest BCUT2D eigenvalue weighted by atomic mass is 10.2. The van der Waals surface area contributed by atoms with Crippen molar-refractivity contribution in [1.29, 1.82) is 0 Å². The Morgan fingerprint density at radius 1 is 1.53 bits per heavy atom. The molecule has 0 aliphatic carbocycles. The van der Waals surface area contributed by atoms with Crippen molar-refractivity contribution in [1.82, 2.24) is 4.98 Å². The summed E-state index contributed by atoms with van der Waals surface area (Å²) in [5.41, 5.74) is 0.660. The summed E-state index contributed by atoms with van der Waals surface area (Å²) in [4.78, 5) is 16.0. The first-order valence-corrected chi connectivity index (χ1v) is 6.53. The Hall–Kier alpha value is -1.66. The van der Waals surface area contributed by atoms with E-state index in [1.807, 2.05) is 0 Å². The minimum Gasteiger partial charge on any atom is -0.396 e. The molecule has 19 heavy (non-hydrogen) atoms. The molecule has 6 heteroatoms. The lowest BCUT2D eigenvalue weighted by molar-refractivity contribution is -0.124. The number of nitrogens with zero attached hydrogens (tertiary/aromatic N) is 1. The molecule has 2 heterocycles. The molecule has 3 N–H and O–H groups in total. The molecule has 2 rings (SSSR count). The van der Waals surface area contributed by atoms with Gasteiger partial charge in [0.1, 0.15) is 11.9 Å². The average molecular weight is 265 g/mol. The van der Waals surface area contributed by atoms with E-state index < -0.39 is 0 Å². The Balaban J connectivity index is 1.82. The zero-order valence-corrected chi connectivity index (χ0v) is 10.8. The van der Waals surface area contributed by atoms with Crippen LogP contribution < -0.4 is 10.6 Å². The van der Waals surface area contributed by atoms with Gasteiger partial charge in [-0.25, -0.2) is 4.98 Å². The van der Waals surface area contributed by atoms with Gasteiger partial charge in [0.25, 0.3) is 5.91 Å². The van der Waals surface area contributed by atoms with E-state index in [2.05, 4.69) is 15.6 Å². The highest BCUT2D eigenvalue weighted by Crippen LogP contribution is 2.15. The maximum atomic E-state index is 11.8. The molecule has 6 nitrogen and oxygen atoms in total. The molecule has 0 saturated carbocycles. The number of ether oxygens (including phenoxy) is 1. The van der Waals surface area contributed by atoms with Gasteiger partial charge >= 0.3 is 0 Å². The van der Waals surface area contributed by atoms with Gasteiger partial charge in [-0.2, -0.15) is 0 Å². The van der Waals surface area contributed by atoms with E-state index in [1.165, 1.54) is 0 Å². The fourth-order valence-electron chi connectivity index (χ4n) is 1.88. The summed E-state index contributed by atoms with van der Waals surface area (Å²) in [5, 5.41) is 14.5. The molecule has 1 aliphatic rings. The van der Waals surface area contributed by atoms with Crippen LogP contribution >= 0.6 is 0 Å². The number of carbonyl (C=O) groups is 1. The summed E-state index contributed by atoms with van der Waals surface area (Å²) >= 11 is 0. The predicted molar refractivity (Wildman–Crippen MR) is 72.0 cm³/mol. The summed E-state index contributed by atoms with van der Waals surface area (Å²) in [7, 11) is 0. The van der Waals surface area contributed by atoms with Crippen molar-refractivity contribution < 1.29 is 14.6 Å². The van der Waals surface area contributed by atoms with Gasteiger partial charge in [-0.3, -0.25) is 4.79 Å². The summed E-state index contributed by atoms with van der Waals surface area (Å²) in [6, 6.07) is 3.59. The molecule has 0 radical (unpaired) electrons. The van der Waals surface area contributed by atoms with Crippen LogP contribution in [0.5, 0.6) is 0 Å². The van der Waals surface area contributed by atoms with Gasteiger partial charge in [-0.15, -0.1) is 0 Å². The zero-order chi connectivity index (χ0) is 13.5. The van der Waals surface area contributed by atoms with E-state index in [0.29, 0.717) is 25.3 Å². The number of aliphatic hydroxyl groups is 1. The molecule has 0 spiro atoms. The number of pyridine rings is 1. The highest BCUT2D eigenvalue weighted by molar-refractivity contribution is 5.94. The van der Waals surface area contributed by atoms with Crippen LogP contribution in [0.15, 0.2) is 18.3 Å². The number of carbonyl (C=O) groups excluding carboxylic acids is 1. The van der Waals surface area contributed by atoms with Crippen molar-refractivity contribution in [2.24, 2.45) is 0 Å². The molecular formula is C13H19N3O3. The Labute approximate surface area is 112 Å². The Bertz CT molecular complexity index is 402. The molecule has 1 aromatic rings. The molecule has 1 saturated heterocycles. The average Bonchev–Trinajstić information content (AvgIpc) is 2.95. The number of hydrogen-bond acceptors (Lipinski definition) is 5. The van der Waals surface area contributed by atoms with Gasteiger partial charge in [0, 0.05) is 19.8 Å². The number of amides is 1. The second-order valence-electron chi connectivity index (χ2n) is 4.43. The van der Waals surface area contributed by atoms with Gasteiger partial charge in [-0.1, -0.05) is 0 Å². The third-order valence-electron chi connectivity index (χ3n) is 2.89. The molecule has 0 bridgehead atoms. The van der Waals surface area contributed by atoms with E-state index >= 15 is 0 Å². The summed E-state index contributed by atoms with van der Waals surface area (Å²) in [6.07, 6.45) is 3.67. The molecule has 0 aromatic carbocycles. The second-order valence-corrected chi connectivity index (χ2v) is 4.43. The van der Waals surface area contributed by atoms with Crippen molar-refractivity contribution in [3.63, 3.8) is 0 Å². The highest BCUT2D eigenvalue weighted by Gasteiger charge is 2.23. The van der Waals surface area contributed by atoms with Crippen molar-refractivity contribution in [3.8, 4) is 0 Å². The molecular weight excluding hydrogens is 246 g/mol. The molecule has 104 valence electrons. The van der Waals surface area contributed by atoms with E-state index in [9.17, 15) is 4.79 Å². The van der Waals surface area contributed by atoms with Gasteiger partial charge in [0.15, 0.2) is 0 Å². The van der Waals surface area contributed by atoms with Crippen LogP contribution in [0.25, 0.3) is 0 Å². The first-order valence-electron chi connectivity index (χ1n) is 6.53. The molecule has 1 unspecified atom stereocenters. The first-order chi connectivity index (χ1) is 9.29. The number of aromatic nitrogens is 1. The van der Waals surface area contributed by atoms with Crippen molar-refractivity contribution >= 4 is 17.4 Å². The molecule has 1 amide bonds. The smallest absolute Gasteiger partial charge is 0.253 e. The van der Waals surface area contributed by atoms with E-state index in [0.717, 1.165) is 18.7 Å². The summed E-state index contributed by atoms with van der Waals surface area (Å²) in [5.74, 6) is 0.615. The molecule has 1 aliphatic heterocycles. The largest absolute Gasteiger partial charge is 0.396 e. The third kappa shape index (κ3) is 4.18. The fourth-order valence-corrected chi connectivity index (χ4v) is 1.88. The Kier molecular flexibility index (Phi) is 5.11. The zero-order valence-electron chi connectivity index (χ0n) is 10.8. The number of nitrogens with one attached hydrogen (secondary N) is 2. The Morgan fingerprint density at radius 3 is 3.05 bits per heavy atom. The standard InChI is InChI=1S/C13H19N3O3/c17-7-2-6-14-12-5-4-10(9-15-12)16-13(18)11-3-1-8-19-11/h4-5,9,11,17H,1-3,6-8H2,(H,14,15)(H,16,18). The van der Waals surface area contributed by atoms with Crippen molar-refractivity contribution in [3.05, 3.63) is 18.3 Å². The number of anilines is 2. The maximum Gasteiger partial charge on any atom is 0.253 e. The fraction of sp³-hybridized carbons (Fsp3) is 0.538. The van der Waals surface area contributed by atoms with Crippen molar-refractivity contribution in [2.45, 2.75) is 25.4 Å². The topological polar surface area (TPSA) is 83.5 Å². The van der Waals surface area contributed by atoms with E-state index in [1.54, 1.807) is 18.3 Å². The van der Waals surface area contributed by atoms with Gasteiger partial charge in [0.2, 0.25) is 0 Å². The normalized spacial score (nSPS) is 18.3. The van der Waals surface area contributed by atoms with E-state index in [-0.39, 0.29) is 18.6 Å². The highest BCUT2D eigenvalue weighted by atomic mass is 16.5. The van der Waals surface area contributed by atoms with Crippen LogP contribution in [-0.2, 0) is 9.53 Å². The molecule has 1 atom stereocenters. The summed E-state index contributed by atoms with van der Waals surface area (Å²) < 4.78 is 5.31. The minimum atomic E-state index is -0.331. The third-order valence-corrected chi connectivity index (χ3v) is 2.89. The van der Waals surface area contributed by atoms with Gasteiger partial charge in [-0.05, 0) is 31.4 Å². The number of aliphatic hydroxyl groups excluding tert-OH is 1. The van der Waals surface area contributed by atoms with Crippen molar-refractivity contribution in [2.75, 3.05) is 30.4 Å². The predicted octanol–water partition coefficient (Wildman–Crippen LogP) is 0.993. The van der Waals surface area contributed by atoms with E-state index in [4.69, 9.17) is 9.84 Å². The molecule has 1 aromatic heterocycles. The Morgan fingerprint density at radius 2 is 2.42 bits per heavy atom. The van der Waals surface area contributed by atoms with Crippen LogP contribution in [0.3, 0.4) is 0 Å². The second kappa shape index (κ2) is 7.06. The van der Waals surface area contributed by atoms with Crippen LogP contribution in [0.2, 0.25) is 0 Å². The monoisotopic (exact) mass is 265 g/mol.